The van der Waals surface area contributed by atoms with E-state index in [1.54, 1.807) is 0 Å². The number of nitrogens with zero attached hydrogens (tertiary/aromatic N) is 1. The van der Waals surface area contributed by atoms with Crippen LogP contribution in [0.2, 0.25) is 0 Å². The summed E-state index contributed by atoms with van der Waals surface area (Å²) in [5, 5.41) is 34.5. The molecule has 0 aromatic rings. The Bertz CT molecular complexity index is 1260. The van der Waals surface area contributed by atoms with Crippen molar-refractivity contribution in [2.24, 2.45) is 5.73 Å². The normalized spacial score (nSPS) is 21.6. The first kappa shape index (κ1) is 59.7. The van der Waals surface area contributed by atoms with Gasteiger partial charge in [-0.05, 0) is 25.0 Å². The van der Waals surface area contributed by atoms with Crippen LogP contribution in [-0.4, -0.2) is 235 Å². The lowest BCUT2D eigenvalue weighted by Crippen LogP contribution is -2.62. The van der Waals surface area contributed by atoms with Gasteiger partial charge in [0.05, 0.1) is 130 Å². The Morgan fingerprint density at radius 1 is 0.723 bits per heavy atom. The fourth-order valence-corrected chi connectivity index (χ4v) is 8.00. The van der Waals surface area contributed by atoms with Gasteiger partial charge in [-0.25, -0.2) is 0 Å². The van der Waals surface area contributed by atoms with Crippen molar-refractivity contribution >= 4 is 60.6 Å². The highest BCUT2D eigenvalue weighted by Crippen LogP contribution is 2.25. The molecular formula is C41H76N4O17S3. The fourth-order valence-electron chi connectivity index (χ4n) is 6.14. The smallest absolute Gasteiger partial charge is 0.242 e. The van der Waals surface area contributed by atoms with E-state index in [4.69, 9.17) is 53.1 Å². The first-order valence-corrected chi connectivity index (χ1v) is 24.7. The van der Waals surface area contributed by atoms with E-state index in [9.17, 15) is 34.5 Å². The lowest BCUT2D eigenvalue weighted by atomic mass is 9.98. The number of amides is 4. The van der Waals surface area contributed by atoms with E-state index < -0.39 is 42.5 Å². The summed E-state index contributed by atoms with van der Waals surface area (Å²) in [5.41, 5.74) is 5.83. The van der Waals surface area contributed by atoms with Gasteiger partial charge in [0.25, 0.3) is 0 Å². The second kappa shape index (κ2) is 39.4. The predicted octanol–water partition coefficient (Wildman–Crippen LogP) is -1.44. The number of hydrogen-bond donors (Lipinski definition) is 8. The highest BCUT2D eigenvalue weighted by molar-refractivity contribution is 8.00. The van der Waals surface area contributed by atoms with Gasteiger partial charge in [-0.15, -0.1) is 11.8 Å². The number of thiol groups is 2. The van der Waals surface area contributed by atoms with Crippen molar-refractivity contribution in [3.8, 4) is 0 Å². The average Bonchev–Trinajstić information content (AvgIpc) is 3.56. The number of nitrogens with two attached hydrogens (primary N) is 1. The monoisotopic (exact) mass is 992 g/mol. The van der Waals surface area contributed by atoms with Crippen molar-refractivity contribution in [3.63, 3.8) is 0 Å². The lowest BCUT2D eigenvalue weighted by Gasteiger charge is -2.40. The van der Waals surface area contributed by atoms with Crippen LogP contribution >= 0.6 is 37.0 Å². The van der Waals surface area contributed by atoms with Crippen LogP contribution < -0.4 is 16.4 Å². The van der Waals surface area contributed by atoms with E-state index in [1.165, 1.54) is 11.8 Å². The topological polar surface area (TPSA) is 275 Å². The molecule has 2 heterocycles. The van der Waals surface area contributed by atoms with Crippen molar-refractivity contribution in [2.75, 3.05) is 150 Å². The van der Waals surface area contributed by atoms with Gasteiger partial charge >= 0.3 is 0 Å². The van der Waals surface area contributed by atoms with Crippen LogP contribution in [0, 0.1) is 0 Å². The number of nitrogens with one attached hydrogen (secondary N) is 2. The maximum absolute atomic E-state index is 12.8. The summed E-state index contributed by atoms with van der Waals surface area (Å²) < 4.78 is 54.7. The van der Waals surface area contributed by atoms with Crippen molar-refractivity contribution < 1.29 is 81.9 Å². The first-order chi connectivity index (χ1) is 31.6. The third kappa shape index (κ3) is 28.6. The Labute approximate surface area is 398 Å². The summed E-state index contributed by atoms with van der Waals surface area (Å²) in [6.07, 6.45) is -0.187. The molecular weight excluding hydrogens is 917 g/mol. The molecule has 21 nitrogen and oxygen atoms in total. The minimum absolute atomic E-state index is 0.00428. The number of thioether (sulfide) groups is 1. The van der Waals surface area contributed by atoms with Crippen LogP contribution in [0.1, 0.15) is 44.9 Å². The third-order valence-electron chi connectivity index (χ3n) is 9.77. The molecule has 2 saturated heterocycles. The molecule has 2 aliphatic heterocycles. The number of carbonyl (C=O) groups is 4. The quantitative estimate of drug-likeness (QED) is 0.0198. The molecule has 24 heteroatoms. The second-order valence-electron chi connectivity index (χ2n) is 14.9. The summed E-state index contributed by atoms with van der Waals surface area (Å²) in [6, 6.07) is -0.979. The molecule has 0 aromatic heterocycles. The molecule has 380 valence electrons. The van der Waals surface area contributed by atoms with Crippen molar-refractivity contribution in [3.05, 3.63) is 0 Å². The van der Waals surface area contributed by atoms with Gasteiger partial charge in [0, 0.05) is 49.9 Å². The van der Waals surface area contributed by atoms with Crippen LogP contribution in [0.5, 0.6) is 0 Å². The zero-order valence-electron chi connectivity index (χ0n) is 37.6. The third-order valence-corrected chi connectivity index (χ3v) is 11.7. The average molecular weight is 993 g/mol. The van der Waals surface area contributed by atoms with Crippen LogP contribution in [0.15, 0.2) is 0 Å². The maximum Gasteiger partial charge on any atom is 0.242 e. The highest BCUT2D eigenvalue weighted by Gasteiger charge is 2.43. The number of carbonyl (C=O) groups excluding carboxylic acids is 4. The van der Waals surface area contributed by atoms with E-state index >= 15 is 0 Å². The standard InChI is InChI=1S/C41H76N4O17S3/c42-37-39(51)38(50)32(30-46)62-41(37)61-25-24-59-22-23-60-26-28-65-33-29-36(49)45(40(33)52)9-5-35(48)44-8-11-54-13-15-56-17-19-58-21-20-57-18-16-55-14-12-53-10-7-43-34(47)4-2-1-3-31(64)6-27-63/h31-33,37-39,41,46,50-51,63-64H,1-30,42H2,(H,43,47)(H,44,48)/t31?,32-,33?,37-,38+,39-,41+/m1/s1. The molecule has 65 heavy (non-hydrogen) atoms. The van der Waals surface area contributed by atoms with E-state index in [0.717, 1.165) is 36.3 Å². The molecule has 2 rings (SSSR count). The Balaban J connectivity index is 1.29. The van der Waals surface area contributed by atoms with Crippen LogP contribution in [0.25, 0.3) is 0 Å². The lowest BCUT2D eigenvalue weighted by molar-refractivity contribution is -0.267. The van der Waals surface area contributed by atoms with E-state index in [2.05, 4.69) is 35.9 Å². The van der Waals surface area contributed by atoms with E-state index in [0.29, 0.717) is 110 Å². The Morgan fingerprint density at radius 2 is 1.22 bits per heavy atom. The number of aliphatic hydroxyl groups excluding tert-OH is 3. The van der Waals surface area contributed by atoms with Gasteiger partial charge in [-0.1, -0.05) is 6.42 Å². The van der Waals surface area contributed by atoms with Crippen LogP contribution in [0.4, 0.5) is 0 Å². The highest BCUT2D eigenvalue weighted by atomic mass is 32.2. The van der Waals surface area contributed by atoms with Crippen LogP contribution in [-0.2, 0) is 66.5 Å². The van der Waals surface area contributed by atoms with Gasteiger partial charge in [0.15, 0.2) is 6.29 Å². The predicted molar refractivity (Wildman–Crippen MR) is 246 cm³/mol. The summed E-state index contributed by atoms with van der Waals surface area (Å²) in [7, 11) is 0. The minimum Gasteiger partial charge on any atom is -0.394 e. The Morgan fingerprint density at radius 3 is 1.74 bits per heavy atom. The van der Waals surface area contributed by atoms with E-state index in [-0.39, 0.29) is 76.0 Å². The number of ether oxygens (including phenoxy) is 10. The van der Waals surface area contributed by atoms with Crippen molar-refractivity contribution in [1.82, 2.24) is 15.5 Å². The summed E-state index contributed by atoms with van der Waals surface area (Å²) in [4.78, 5) is 50.5. The number of aliphatic hydroxyl groups is 3. The number of hydrogen-bond acceptors (Lipinski definition) is 21. The van der Waals surface area contributed by atoms with Gasteiger partial charge in [0.2, 0.25) is 23.6 Å². The van der Waals surface area contributed by atoms with E-state index in [1.807, 2.05) is 0 Å². The number of unbranched alkanes of at least 4 members (excludes halogenated alkanes) is 1. The second-order valence-corrected chi connectivity index (χ2v) is 17.4. The molecule has 2 fully saturated rings. The molecule has 2 unspecified atom stereocenters. The first-order valence-electron chi connectivity index (χ1n) is 22.5. The fraction of sp³-hybridized carbons (Fsp3) is 0.902. The molecule has 0 aromatic carbocycles. The molecule has 4 amide bonds. The molecule has 0 aliphatic carbocycles. The minimum atomic E-state index is -1.31. The number of likely N-dealkylation sites (tertiary alicyclic amines) is 1. The largest absolute Gasteiger partial charge is 0.394 e. The zero-order chi connectivity index (χ0) is 47.3. The molecule has 7 atom stereocenters. The summed E-state index contributed by atoms with van der Waals surface area (Å²) in [6.45, 7) is 6.39. The molecule has 7 N–H and O–H groups in total. The molecule has 0 radical (unpaired) electrons. The molecule has 0 saturated carbocycles. The van der Waals surface area contributed by atoms with Crippen LogP contribution in [0.3, 0.4) is 0 Å². The Hall–Kier alpha value is -1.43. The summed E-state index contributed by atoms with van der Waals surface area (Å²) >= 11 is 10.0. The van der Waals surface area contributed by atoms with Gasteiger partial charge < -0.3 is 79.1 Å². The molecule has 0 spiro atoms. The molecule has 0 bridgehead atoms. The Kier molecular flexibility index (Phi) is 36.2. The van der Waals surface area contributed by atoms with Gasteiger partial charge in [-0.2, -0.15) is 25.3 Å². The molecule has 2 aliphatic rings. The van der Waals surface area contributed by atoms with Crippen molar-refractivity contribution in [1.29, 1.82) is 0 Å². The van der Waals surface area contributed by atoms with Gasteiger partial charge in [-0.3, -0.25) is 24.1 Å². The number of rotatable bonds is 43. The summed E-state index contributed by atoms with van der Waals surface area (Å²) in [5.74, 6) is 0.455. The maximum atomic E-state index is 12.8. The zero-order valence-corrected chi connectivity index (χ0v) is 40.2. The SMILES string of the molecule is N[C@H]1[C@@H](OCCOCCOCCSC2CC(=O)N(CCC(=O)NCCOCCOCCOCCOCCOCCOCCNC(=O)CCCCC(S)CCS)C2=O)O[C@H](CO)[C@H](O)[C@@H]1O. The van der Waals surface area contributed by atoms with Gasteiger partial charge in [0.1, 0.15) is 18.3 Å². The number of imide groups is 1. The van der Waals surface area contributed by atoms with Crippen molar-refractivity contribution in [2.45, 2.75) is 86.1 Å².